The minimum Gasteiger partial charge on any atom is -0.256 e. The molecule has 0 aliphatic heterocycles. The Balaban J connectivity index is 1.93. The molecule has 0 radical (unpaired) electrons. The van der Waals surface area contributed by atoms with Gasteiger partial charge >= 0.3 is 0 Å². The molecule has 0 aliphatic rings. The zero-order chi connectivity index (χ0) is 16.8. The number of hydrogen-bond donors (Lipinski definition) is 0. The number of aromatic nitrogens is 1. The van der Waals surface area contributed by atoms with Gasteiger partial charge in [-0.25, -0.2) is 4.99 Å². The topological polar surface area (TPSA) is 25.2 Å². The third kappa shape index (κ3) is 4.13. The van der Waals surface area contributed by atoms with Gasteiger partial charge in [0.1, 0.15) is 5.04 Å². The maximum Gasteiger partial charge on any atom is 0.105 e. The standard InChI is InChI=1S/C20H17BrN2S/c1-2-24-20(23-19-11-7-6-10-17(19)21)16-12-13-18(22-14-16)15-8-4-3-5-9-15/h3-14H,2H2,1H3. The fourth-order valence-corrected chi connectivity index (χ4v) is 3.37. The van der Waals surface area contributed by atoms with Crippen LogP contribution in [0.25, 0.3) is 11.3 Å². The zero-order valence-electron chi connectivity index (χ0n) is 13.3. The van der Waals surface area contributed by atoms with Crippen molar-refractivity contribution < 1.29 is 0 Å². The average molecular weight is 397 g/mol. The smallest absolute Gasteiger partial charge is 0.105 e. The average Bonchev–Trinajstić information content (AvgIpc) is 2.64. The largest absolute Gasteiger partial charge is 0.256 e. The van der Waals surface area contributed by atoms with E-state index >= 15 is 0 Å². The molecule has 0 saturated heterocycles. The minimum atomic E-state index is 0.931. The van der Waals surface area contributed by atoms with Crippen molar-refractivity contribution in [3.8, 4) is 11.3 Å². The van der Waals surface area contributed by atoms with Crippen LogP contribution in [0, 0.1) is 0 Å². The Morgan fingerprint density at radius 1 is 1.00 bits per heavy atom. The first kappa shape index (κ1) is 16.9. The highest BCUT2D eigenvalue weighted by molar-refractivity contribution is 9.10. The summed E-state index contributed by atoms with van der Waals surface area (Å²) in [5, 5.41) is 0.983. The number of hydrogen-bond acceptors (Lipinski definition) is 3. The van der Waals surface area contributed by atoms with Gasteiger partial charge in [0.05, 0.1) is 11.4 Å². The van der Waals surface area contributed by atoms with E-state index in [2.05, 4.69) is 52.1 Å². The summed E-state index contributed by atoms with van der Waals surface area (Å²) < 4.78 is 0.994. The summed E-state index contributed by atoms with van der Waals surface area (Å²) in [6.07, 6.45) is 1.90. The summed E-state index contributed by atoms with van der Waals surface area (Å²) in [5.74, 6) is 0.962. The van der Waals surface area contributed by atoms with Crippen molar-refractivity contribution in [1.29, 1.82) is 0 Å². The van der Waals surface area contributed by atoms with Crippen molar-refractivity contribution >= 4 is 38.4 Å². The van der Waals surface area contributed by atoms with Crippen molar-refractivity contribution in [2.75, 3.05) is 5.75 Å². The summed E-state index contributed by atoms with van der Waals surface area (Å²) in [5.41, 5.74) is 4.07. The first-order valence-corrected chi connectivity index (χ1v) is 9.53. The highest BCUT2D eigenvalue weighted by Gasteiger charge is 2.07. The van der Waals surface area contributed by atoms with E-state index in [4.69, 9.17) is 4.99 Å². The molecule has 1 heterocycles. The van der Waals surface area contributed by atoms with Crippen molar-refractivity contribution in [3.63, 3.8) is 0 Å². The molecular weight excluding hydrogens is 380 g/mol. The van der Waals surface area contributed by atoms with Gasteiger partial charge < -0.3 is 0 Å². The molecular formula is C20H17BrN2S. The SMILES string of the molecule is CCSC(=Nc1ccccc1Br)c1ccc(-c2ccccc2)nc1. The third-order valence-electron chi connectivity index (χ3n) is 3.44. The van der Waals surface area contributed by atoms with E-state index in [1.54, 1.807) is 11.8 Å². The Hall–Kier alpha value is -1.91. The van der Waals surface area contributed by atoms with E-state index in [1.165, 1.54) is 0 Å². The van der Waals surface area contributed by atoms with E-state index < -0.39 is 0 Å². The Morgan fingerprint density at radius 2 is 1.75 bits per heavy atom. The van der Waals surface area contributed by atoms with Crippen molar-refractivity contribution in [1.82, 2.24) is 4.98 Å². The number of aliphatic imine (C=N–C) groups is 1. The number of thioether (sulfide) groups is 1. The molecule has 0 saturated carbocycles. The highest BCUT2D eigenvalue weighted by Crippen LogP contribution is 2.28. The summed E-state index contributed by atoms with van der Waals surface area (Å²) in [6.45, 7) is 2.13. The van der Waals surface area contributed by atoms with Crippen LogP contribution < -0.4 is 0 Å². The molecule has 0 unspecified atom stereocenters. The Bertz CT molecular complexity index is 830. The van der Waals surface area contributed by atoms with Gasteiger partial charge in [-0.05, 0) is 45.9 Å². The third-order valence-corrected chi connectivity index (χ3v) is 5.00. The second-order valence-electron chi connectivity index (χ2n) is 5.10. The van der Waals surface area contributed by atoms with Gasteiger partial charge in [0.25, 0.3) is 0 Å². The van der Waals surface area contributed by atoms with Crippen LogP contribution in [-0.2, 0) is 0 Å². The molecule has 4 heteroatoms. The Labute approximate surface area is 155 Å². The lowest BCUT2D eigenvalue weighted by atomic mass is 10.1. The number of nitrogens with zero attached hydrogens (tertiary/aromatic N) is 2. The van der Waals surface area contributed by atoms with Gasteiger partial charge in [-0.3, -0.25) is 4.98 Å². The summed E-state index contributed by atoms with van der Waals surface area (Å²) in [7, 11) is 0. The quantitative estimate of drug-likeness (QED) is 0.379. The van der Waals surface area contributed by atoms with Crippen LogP contribution in [0.2, 0.25) is 0 Å². The molecule has 2 aromatic carbocycles. The lowest BCUT2D eigenvalue weighted by Gasteiger charge is -2.07. The molecule has 3 aromatic rings. The molecule has 0 spiro atoms. The Morgan fingerprint density at radius 3 is 2.42 bits per heavy atom. The number of rotatable bonds is 4. The second kappa shape index (κ2) is 8.27. The minimum absolute atomic E-state index is 0.931. The van der Waals surface area contributed by atoms with Crippen LogP contribution in [-0.4, -0.2) is 15.8 Å². The molecule has 2 nitrogen and oxygen atoms in total. The van der Waals surface area contributed by atoms with E-state index in [0.717, 1.165) is 37.8 Å². The molecule has 0 fully saturated rings. The van der Waals surface area contributed by atoms with Crippen molar-refractivity contribution in [3.05, 3.63) is 83.0 Å². The normalized spacial score (nSPS) is 11.5. The van der Waals surface area contributed by atoms with Crippen LogP contribution in [0.1, 0.15) is 12.5 Å². The van der Waals surface area contributed by atoms with Gasteiger partial charge in [-0.15, -0.1) is 11.8 Å². The van der Waals surface area contributed by atoms with Crippen LogP contribution in [0.3, 0.4) is 0 Å². The van der Waals surface area contributed by atoms with Crippen LogP contribution >= 0.6 is 27.7 Å². The fourth-order valence-electron chi connectivity index (χ4n) is 2.27. The maximum absolute atomic E-state index is 4.81. The molecule has 0 aliphatic carbocycles. The van der Waals surface area contributed by atoms with Gasteiger partial charge in [-0.1, -0.05) is 49.4 Å². The van der Waals surface area contributed by atoms with E-state index in [1.807, 2.05) is 48.7 Å². The molecule has 0 atom stereocenters. The second-order valence-corrected chi connectivity index (χ2v) is 7.21. The van der Waals surface area contributed by atoms with E-state index in [0.29, 0.717) is 0 Å². The lowest BCUT2D eigenvalue weighted by molar-refractivity contribution is 1.31. The van der Waals surface area contributed by atoms with Gasteiger partial charge in [0.15, 0.2) is 0 Å². The summed E-state index contributed by atoms with van der Waals surface area (Å²) in [6, 6.07) is 22.3. The number of para-hydroxylation sites is 1. The van der Waals surface area contributed by atoms with Crippen molar-refractivity contribution in [2.24, 2.45) is 4.99 Å². The molecule has 24 heavy (non-hydrogen) atoms. The molecule has 0 bridgehead atoms. The summed E-state index contributed by atoms with van der Waals surface area (Å²) in [4.78, 5) is 9.42. The zero-order valence-corrected chi connectivity index (χ0v) is 15.7. The Kier molecular flexibility index (Phi) is 5.83. The predicted molar refractivity (Wildman–Crippen MR) is 108 cm³/mol. The molecule has 120 valence electrons. The predicted octanol–water partition coefficient (Wildman–Crippen LogP) is 6.34. The van der Waals surface area contributed by atoms with Gasteiger partial charge in [0, 0.05) is 21.8 Å². The van der Waals surface area contributed by atoms with E-state index in [-0.39, 0.29) is 0 Å². The van der Waals surface area contributed by atoms with E-state index in [9.17, 15) is 0 Å². The molecule has 1 aromatic heterocycles. The number of pyridine rings is 1. The van der Waals surface area contributed by atoms with Gasteiger partial charge in [0.2, 0.25) is 0 Å². The first-order chi connectivity index (χ1) is 11.8. The first-order valence-electron chi connectivity index (χ1n) is 7.76. The van der Waals surface area contributed by atoms with Crippen molar-refractivity contribution in [2.45, 2.75) is 6.92 Å². The lowest BCUT2D eigenvalue weighted by Crippen LogP contribution is -1.97. The summed E-state index contributed by atoms with van der Waals surface area (Å²) >= 11 is 5.28. The van der Waals surface area contributed by atoms with Crippen LogP contribution in [0.4, 0.5) is 5.69 Å². The molecule has 0 N–H and O–H groups in total. The molecule has 3 rings (SSSR count). The molecule has 0 amide bonds. The number of benzene rings is 2. The maximum atomic E-state index is 4.81. The number of halogens is 1. The van der Waals surface area contributed by atoms with Crippen LogP contribution in [0.15, 0.2) is 82.4 Å². The van der Waals surface area contributed by atoms with Gasteiger partial charge in [-0.2, -0.15) is 0 Å². The monoisotopic (exact) mass is 396 g/mol. The van der Waals surface area contributed by atoms with Crippen LogP contribution in [0.5, 0.6) is 0 Å². The highest BCUT2D eigenvalue weighted by atomic mass is 79.9. The fraction of sp³-hybridized carbons (Fsp3) is 0.100.